The van der Waals surface area contributed by atoms with E-state index in [1.165, 1.54) is 0 Å². The normalized spacial score (nSPS) is 12.4. The third kappa shape index (κ3) is 2.60. The lowest BCUT2D eigenvalue weighted by molar-refractivity contribution is 0.713. The number of hydrogen-bond donors (Lipinski definition) is 2. The molecule has 4 heteroatoms. The van der Waals surface area contributed by atoms with Crippen LogP contribution in [0.1, 0.15) is 22.7 Å². The number of hydrogen-bond acceptors (Lipinski definition) is 4. The van der Waals surface area contributed by atoms with E-state index in [0.29, 0.717) is 12.2 Å². The van der Waals surface area contributed by atoms with Gasteiger partial charge in [0.1, 0.15) is 5.82 Å². The molecular weight excluding hydrogens is 212 g/mol. The summed E-state index contributed by atoms with van der Waals surface area (Å²) in [6.07, 6.45) is 5.98. The van der Waals surface area contributed by atoms with Crippen LogP contribution in [0.4, 0.5) is 5.82 Å². The summed E-state index contributed by atoms with van der Waals surface area (Å²) in [5, 5.41) is 0. The lowest BCUT2D eigenvalue weighted by atomic mass is 9.97. The zero-order valence-electron chi connectivity index (χ0n) is 9.80. The molecule has 0 radical (unpaired) electrons. The van der Waals surface area contributed by atoms with Crippen molar-refractivity contribution in [2.24, 2.45) is 5.73 Å². The van der Waals surface area contributed by atoms with Crippen LogP contribution in [0.25, 0.3) is 0 Å². The van der Waals surface area contributed by atoms with Crippen molar-refractivity contribution in [1.82, 2.24) is 9.97 Å². The first kappa shape index (κ1) is 11.5. The van der Waals surface area contributed by atoms with Gasteiger partial charge in [-0.25, -0.2) is 4.98 Å². The topological polar surface area (TPSA) is 77.8 Å². The Labute approximate surface area is 101 Å². The van der Waals surface area contributed by atoms with Gasteiger partial charge < -0.3 is 11.5 Å². The number of nitrogen functional groups attached to an aromatic ring is 1. The second-order valence-corrected chi connectivity index (χ2v) is 4.10. The predicted molar refractivity (Wildman–Crippen MR) is 68.3 cm³/mol. The van der Waals surface area contributed by atoms with Crippen LogP contribution in [0.15, 0.2) is 36.8 Å². The maximum Gasteiger partial charge on any atom is 0.128 e. The third-order valence-corrected chi connectivity index (χ3v) is 2.79. The molecule has 0 fully saturated rings. The number of nitrogens with two attached hydrogens (primary N) is 2. The highest BCUT2D eigenvalue weighted by Gasteiger charge is 2.13. The minimum absolute atomic E-state index is 0.145. The van der Waals surface area contributed by atoms with Crippen molar-refractivity contribution in [2.45, 2.75) is 19.4 Å². The van der Waals surface area contributed by atoms with Crippen molar-refractivity contribution in [3.8, 4) is 0 Å². The van der Waals surface area contributed by atoms with Crippen LogP contribution < -0.4 is 11.5 Å². The zero-order valence-corrected chi connectivity index (χ0v) is 9.80. The highest BCUT2D eigenvalue weighted by molar-refractivity contribution is 5.46. The predicted octanol–water partition coefficient (Wildman–Crippen LogP) is 1.61. The molecule has 0 saturated carbocycles. The monoisotopic (exact) mass is 228 g/mol. The highest BCUT2D eigenvalue weighted by Crippen LogP contribution is 2.23. The van der Waals surface area contributed by atoms with E-state index in [-0.39, 0.29) is 6.04 Å². The van der Waals surface area contributed by atoms with Gasteiger partial charge in [0, 0.05) is 30.2 Å². The summed E-state index contributed by atoms with van der Waals surface area (Å²) in [6.45, 7) is 2.00. The van der Waals surface area contributed by atoms with Gasteiger partial charge in [0.15, 0.2) is 0 Å². The van der Waals surface area contributed by atoms with Crippen LogP contribution in [0.3, 0.4) is 0 Å². The smallest absolute Gasteiger partial charge is 0.128 e. The molecule has 0 bridgehead atoms. The van der Waals surface area contributed by atoms with Gasteiger partial charge in [0.25, 0.3) is 0 Å². The molecule has 0 amide bonds. The molecule has 1 atom stereocenters. The molecule has 0 aliphatic carbocycles. The van der Waals surface area contributed by atoms with Gasteiger partial charge in [-0.1, -0.05) is 6.07 Å². The van der Waals surface area contributed by atoms with Gasteiger partial charge in [-0.3, -0.25) is 4.98 Å². The fourth-order valence-corrected chi connectivity index (χ4v) is 1.95. The number of rotatable bonds is 3. The summed E-state index contributed by atoms with van der Waals surface area (Å²) in [5.74, 6) is 0.515. The largest absolute Gasteiger partial charge is 0.383 e. The van der Waals surface area contributed by atoms with Gasteiger partial charge in [-0.05, 0) is 36.6 Å². The Bertz CT molecular complexity index is 476. The van der Waals surface area contributed by atoms with Crippen molar-refractivity contribution < 1.29 is 0 Å². The number of aromatic nitrogens is 2. The third-order valence-electron chi connectivity index (χ3n) is 2.79. The zero-order chi connectivity index (χ0) is 12.3. The minimum Gasteiger partial charge on any atom is -0.383 e. The molecule has 2 aromatic heterocycles. The van der Waals surface area contributed by atoms with Crippen molar-refractivity contribution in [2.75, 3.05) is 5.73 Å². The van der Waals surface area contributed by atoms with Crippen LogP contribution in [0.5, 0.6) is 0 Å². The molecule has 0 aromatic carbocycles. The van der Waals surface area contributed by atoms with Gasteiger partial charge in [0.2, 0.25) is 0 Å². The standard InChI is InChI=1S/C13H16N4/c1-9-4-6-17-13(15)12(9)11(14)7-10-3-2-5-16-8-10/h2-6,8,11H,7,14H2,1H3,(H2,15,17). The SMILES string of the molecule is Cc1ccnc(N)c1C(N)Cc1cccnc1. The van der Waals surface area contributed by atoms with Gasteiger partial charge in [-0.15, -0.1) is 0 Å². The molecule has 2 heterocycles. The van der Waals surface area contributed by atoms with Gasteiger partial charge in [-0.2, -0.15) is 0 Å². The van der Waals surface area contributed by atoms with E-state index < -0.39 is 0 Å². The van der Waals surface area contributed by atoms with E-state index in [4.69, 9.17) is 11.5 Å². The molecule has 1 unspecified atom stereocenters. The summed E-state index contributed by atoms with van der Waals surface area (Å²) in [7, 11) is 0. The summed E-state index contributed by atoms with van der Waals surface area (Å²) in [5.41, 5.74) is 15.2. The Morgan fingerprint density at radius 2 is 2.12 bits per heavy atom. The Morgan fingerprint density at radius 3 is 2.76 bits per heavy atom. The Hall–Kier alpha value is -1.94. The van der Waals surface area contributed by atoms with E-state index >= 15 is 0 Å². The van der Waals surface area contributed by atoms with E-state index in [1.807, 2.05) is 31.3 Å². The molecule has 4 N–H and O–H groups in total. The summed E-state index contributed by atoms with van der Waals surface area (Å²) in [4.78, 5) is 8.16. The number of pyridine rings is 2. The highest BCUT2D eigenvalue weighted by atomic mass is 14.8. The van der Waals surface area contributed by atoms with Crippen molar-refractivity contribution >= 4 is 5.82 Å². The van der Waals surface area contributed by atoms with Crippen LogP contribution >= 0.6 is 0 Å². The Balaban J connectivity index is 2.23. The molecule has 2 aromatic rings. The molecule has 88 valence electrons. The van der Waals surface area contributed by atoms with Crippen LogP contribution in [-0.2, 0) is 6.42 Å². The molecule has 0 saturated heterocycles. The van der Waals surface area contributed by atoms with Crippen LogP contribution in [-0.4, -0.2) is 9.97 Å². The molecule has 4 nitrogen and oxygen atoms in total. The quantitative estimate of drug-likeness (QED) is 0.836. The lowest BCUT2D eigenvalue weighted by Gasteiger charge is -2.16. The molecule has 2 rings (SSSR count). The minimum atomic E-state index is -0.145. The lowest BCUT2D eigenvalue weighted by Crippen LogP contribution is -2.17. The molecule has 0 spiro atoms. The van der Waals surface area contributed by atoms with Gasteiger partial charge in [0.05, 0.1) is 0 Å². The average molecular weight is 228 g/mol. The van der Waals surface area contributed by atoms with Crippen molar-refractivity contribution in [1.29, 1.82) is 0 Å². The second-order valence-electron chi connectivity index (χ2n) is 4.10. The maximum atomic E-state index is 6.18. The van der Waals surface area contributed by atoms with Crippen LogP contribution in [0.2, 0.25) is 0 Å². The number of nitrogens with zero attached hydrogens (tertiary/aromatic N) is 2. The molecule has 0 aliphatic heterocycles. The molecule has 17 heavy (non-hydrogen) atoms. The summed E-state index contributed by atoms with van der Waals surface area (Å²) in [6, 6.07) is 5.69. The first-order chi connectivity index (χ1) is 8.18. The van der Waals surface area contributed by atoms with Crippen LogP contribution in [0, 0.1) is 6.92 Å². The first-order valence-electron chi connectivity index (χ1n) is 5.54. The fourth-order valence-electron chi connectivity index (χ4n) is 1.95. The Morgan fingerprint density at radius 1 is 1.29 bits per heavy atom. The summed E-state index contributed by atoms with van der Waals surface area (Å²) >= 11 is 0. The van der Waals surface area contributed by atoms with E-state index in [9.17, 15) is 0 Å². The average Bonchev–Trinajstić information content (AvgIpc) is 2.30. The van der Waals surface area contributed by atoms with Crippen molar-refractivity contribution in [3.05, 3.63) is 53.5 Å². The van der Waals surface area contributed by atoms with E-state index in [1.54, 1.807) is 12.4 Å². The molecule has 0 aliphatic rings. The Kier molecular flexibility index (Phi) is 3.35. The first-order valence-corrected chi connectivity index (χ1v) is 5.54. The fraction of sp³-hybridized carbons (Fsp3) is 0.231. The van der Waals surface area contributed by atoms with Crippen molar-refractivity contribution in [3.63, 3.8) is 0 Å². The maximum absolute atomic E-state index is 6.18. The van der Waals surface area contributed by atoms with E-state index in [2.05, 4.69) is 9.97 Å². The van der Waals surface area contributed by atoms with E-state index in [0.717, 1.165) is 16.7 Å². The number of aryl methyl sites for hydroxylation is 1. The summed E-state index contributed by atoms with van der Waals surface area (Å²) < 4.78 is 0. The number of anilines is 1. The van der Waals surface area contributed by atoms with Gasteiger partial charge >= 0.3 is 0 Å². The molecular formula is C13H16N4. The second kappa shape index (κ2) is 4.93.